The Labute approximate surface area is 208 Å². The van der Waals surface area contributed by atoms with Gasteiger partial charge in [-0.25, -0.2) is 14.6 Å². The van der Waals surface area contributed by atoms with Crippen LogP contribution in [0.3, 0.4) is 0 Å². The smallest absolute Gasteiger partial charge is 0.363 e. The number of ether oxygens (including phenoxy) is 3. The molecule has 0 saturated carbocycles. The summed E-state index contributed by atoms with van der Waals surface area (Å²) < 4.78 is 17.8. The number of halogens is 4. The predicted octanol–water partition coefficient (Wildman–Crippen LogP) is 5.76. The van der Waals surface area contributed by atoms with Gasteiger partial charge in [0.25, 0.3) is 0 Å². The third-order valence-electron chi connectivity index (χ3n) is 3.74. The van der Waals surface area contributed by atoms with Gasteiger partial charge in [0.15, 0.2) is 12.3 Å². The summed E-state index contributed by atoms with van der Waals surface area (Å²) in [6.45, 7) is 1.78. The van der Waals surface area contributed by atoms with Gasteiger partial charge in [-0.3, -0.25) is 0 Å². The van der Waals surface area contributed by atoms with Crippen molar-refractivity contribution in [3.8, 4) is 5.75 Å². The zero-order valence-corrected chi connectivity index (χ0v) is 21.5. The number of benzene rings is 2. The van der Waals surface area contributed by atoms with Crippen LogP contribution in [0.2, 0.25) is 5.02 Å². The van der Waals surface area contributed by atoms with Crippen LogP contribution in [0.4, 0.5) is 0 Å². The Morgan fingerprint density at radius 1 is 1.27 bits per heavy atom. The van der Waals surface area contributed by atoms with Gasteiger partial charge in [0.2, 0.25) is 5.90 Å². The van der Waals surface area contributed by atoms with Crippen LogP contribution in [0.1, 0.15) is 18.1 Å². The van der Waals surface area contributed by atoms with Crippen LogP contribution in [0.15, 0.2) is 50.0 Å². The summed E-state index contributed by atoms with van der Waals surface area (Å²) in [5, 5.41) is 0.441. The number of aliphatic imine (C=N–C) groups is 1. The second kappa shape index (κ2) is 10.3. The van der Waals surface area contributed by atoms with E-state index in [2.05, 4.69) is 59.4 Å². The van der Waals surface area contributed by atoms with Gasteiger partial charge >= 0.3 is 11.9 Å². The highest BCUT2D eigenvalue weighted by atomic mass is 127. The van der Waals surface area contributed by atoms with Crippen LogP contribution in [0.25, 0.3) is 6.08 Å². The minimum atomic E-state index is -0.574. The molecule has 0 bridgehead atoms. The molecule has 3 rings (SSSR count). The van der Waals surface area contributed by atoms with Crippen LogP contribution in [0, 0.1) is 3.57 Å². The van der Waals surface area contributed by atoms with Gasteiger partial charge in [-0.2, -0.15) is 0 Å². The third-order valence-corrected chi connectivity index (χ3v) is 5.92. The van der Waals surface area contributed by atoms with Crippen LogP contribution >= 0.6 is 66.1 Å². The summed E-state index contributed by atoms with van der Waals surface area (Å²) in [5.74, 6) is -0.446. The molecule has 30 heavy (non-hydrogen) atoms. The van der Waals surface area contributed by atoms with Gasteiger partial charge in [-0.15, -0.1) is 0 Å². The highest BCUT2D eigenvalue weighted by Gasteiger charge is 2.26. The van der Waals surface area contributed by atoms with Gasteiger partial charge in [0, 0.05) is 3.57 Å². The van der Waals surface area contributed by atoms with E-state index in [0.29, 0.717) is 30.8 Å². The van der Waals surface area contributed by atoms with Crippen molar-refractivity contribution >= 4 is 90.0 Å². The molecule has 1 aliphatic heterocycles. The first-order valence-electron chi connectivity index (χ1n) is 8.54. The van der Waals surface area contributed by atoms with E-state index in [9.17, 15) is 9.59 Å². The Morgan fingerprint density at radius 2 is 1.97 bits per heavy atom. The zero-order chi connectivity index (χ0) is 21.8. The van der Waals surface area contributed by atoms with Gasteiger partial charge in [-0.05, 0) is 103 Å². The number of hydrogen-bond acceptors (Lipinski definition) is 6. The Bertz CT molecular complexity index is 1060. The molecule has 6 nitrogen and oxygen atoms in total. The van der Waals surface area contributed by atoms with Crippen molar-refractivity contribution in [3.05, 3.63) is 64.7 Å². The molecule has 0 atom stereocenters. The van der Waals surface area contributed by atoms with E-state index in [0.717, 1.165) is 3.57 Å². The largest absolute Gasteiger partial charge is 0.480 e. The van der Waals surface area contributed by atoms with Gasteiger partial charge in [0.05, 0.1) is 26.1 Å². The van der Waals surface area contributed by atoms with Crippen molar-refractivity contribution in [2.75, 3.05) is 13.2 Å². The Balaban J connectivity index is 1.86. The van der Waals surface area contributed by atoms with E-state index in [1.54, 1.807) is 37.3 Å². The van der Waals surface area contributed by atoms with E-state index >= 15 is 0 Å². The second-order valence-corrected chi connectivity index (χ2v) is 9.23. The zero-order valence-electron chi connectivity index (χ0n) is 15.4. The van der Waals surface area contributed by atoms with Crippen molar-refractivity contribution in [2.24, 2.45) is 4.99 Å². The average Bonchev–Trinajstić information content (AvgIpc) is 3.03. The van der Waals surface area contributed by atoms with Gasteiger partial charge < -0.3 is 14.2 Å². The van der Waals surface area contributed by atoms with Crippen molar-refractivity contribution in [2.45, 2.75) is 6.92 Å². The molecule has 0 N–H and O–H groups in total. The first-order valence-corrected chi connectivity index (χ1v) is 11.6. The Kier molecular flexibility index (Phi) is 7.94. The molecule has 0 amide bonds. The fourth-order valence-corrected chi connectivity index (χ4v) is 4.62. The maximum absolute atomic E-state index is 12.3. The van der Waals surface area contributed by atoms with Crippen LogP contribution in [-0.4, -0.2) is 31.1 Å². The molecule has 0 aromatic heterocycles. The van der Waals surface area contributed by atoms with E-state index < -0.39 is 11.9 Å². The number of cyclic esters (lactones) is 1. The lowest BCUT2D eigenvalue weighted by atomic mass is 10.2. The maximum Gasteiger partial charge on any atom is 0.363 e. The second-order valence-electron chi connectivity index (χ2n) is 5.87. The first-order chi connectivity index (χ1) is 14.3. The van der Waals surface area contributed by atoms with E-state index in [-0.39, 0.29) is 24.8 Å². The fourth-order valence-electron chi connectivity index (χ4n) is 2.48. The first kappa shape index (κ1) is 23.2. The number of rotatable bonds is 6. The minimum Gasteiger partial charge on any atom is -0.480 e. The summed E-state index contributed by atoms with van der Waals surface area (Å²) in [6.07, 6.45) is 1.59. The molecule has 1 heterocycles. The molecule has 0 saturated heterocycles. The normalized spacial score (nSPS) is 14.5. The molecule has 0 unspecified atom stereocenters. The predicted molar refractivity (Wildman–Crippen MR) is 129 cm³/mol. The lowest BCUT2D eigenvalue weighted by Crippen LogP contribution is -2.15. The summed E-state index contributed by atoms with van der Waals surface area (Å²) >= 11 is 15.2. The van der Waals surface area contributed by atoms with Gasteiger partial charge in [0.1, 0.15) is 5.75 Å². The topological polar surface area (TPSA) is 74.2 Å². The molecule has 10 heteroatoms. The van der Waals surface area contributed by atoms with E-state index in [1.807, 2.05) is 6.07 Å². The van der Waals surface area contributed by atoms with E-state index in [4.69, 9.17) is 25.8 Å². The van der Waals surface area contributed by atoms with Gasteiger partial charge in [-0.1, -0.05) is 11.6 Å². The Hall–Kier alpha value is -1.43. The van der Waals surface area contributed by atoms with E-state index in [1.165, 1.54) is 0 Å². The van der Waals surface area contributed by atoms with Crippen molar-refractivity contribution in [1.82, 2.24) is 0 Å². The standard InChI is InChI=1S/C20H13Br2ClINO5/c1-2-28-17(26)9-29-18-13(21)5-10(6-14(18)22)7-16-20(27)30-19(25-16)12-8-11(24)3-4-15(12)23/h3-8H,2,9H2,1H3/b16-7-. The van der Waals surface area contributed by atoms with Crippen molar-refractivity contribution < 1.29 is 23.8 Å². The lowest BCUT2D eigenvalue weighted by molar-refractivity contribution is -0.145. The number of carbonyl (C=O) groups excluding carboxylic acids is 2. The van der Waals surface area contributed by atoms with Crippen LogP contribution < -0.4 is 4.74 Å². The quantitative estimate of drug-likeness (QED) is 0.223. The SMILES string of the molecule is CCOC(=O)COc1c(Br)cc(/C=C2\N=C(c3cc(I)ccc3Cl)OC2=O)cc1Br. The average molecular weight is 669 g/mol. The number of nitrogens with zero attached hydrogens (tertiary/aromatic N) is 1. The molecule has 1 aliphatic rings. The van der Waals surface area contributed by atoms with Crippen molar-refractivity contribution in [1.29, 1.82) is 0 Å². The molecule has 2 aromatic carbocycles. The minimum absolute atomic E-state index is 0.138. The highest BCUT2D eigenvalue weighted by molar-refractivity contribution is 14.1. The lowest BCUT2D eigenvalue weighted by Gasteiger charge is -2.10. The number of carbonyl (C=O) groups is 2. The molecule has 0 spiro atoms. The highest BCUT2D eigenvalue weighted by Crippen LogP contribution is 2.36. The molecular weight excluding hydrogens is 656 g/mol. The maximum atomic E-state index is 12.3. The number of esters is 2. The molecule has 0 aliphatic carbocycles. The number of hydrogen-bond donors (Lipinski definition) is 0. The summed E-state index contributed by atoms with van der Waals surface area (Å²) in [4.78, 5) is 28.1. The monoisotopic (exact) mass is 667 g/mol. The van der Waals surface area contributed by atoms with Crippen molar-refractivity contribution in [3.63, 3.8) is 0 Å². The summed E-state index contributed by atoms with van der Waals surface area (Å²) in [7, 11) is 0. The van der Waals surface area contributed by atoms with Crippen LogP contribution in [0.5, 0.6) is 5.75 Å². The summed E-state index contributed by atoms with van der Waals surface area (Å²) in [5.41, 5.74) is 1.35. The Morgan fingerprint density at radius 3 is 2.63 bits per heavy atom. The fraction of sp³-hybridized carbons (Fsp3) is 0.150. The third kappa shape index (κ3) is 5.63. The molecule has 0 fully saturated rings. The van der Waals surface area contributed by atoms with Crippen LogP contribution in [-0.2, 0) is 19.1 Å². The summed E-state index contributed by atoms with van der Waals surface area (Å²) in [6, 6.07) is 8.83. The molecule has 156 valence electrons. The molecule has 0 radical (unpaired) electrons. The molecular formula is C20H13Br2ClINO5. The molecule has 2 aromatic rings.